The van der Waals surface area contributed by atoms with Crippen molar-refractivity contribution in [1.29, 1.82) is 0 Å². The second kappa shape index (κ2) is 9.94. The van der Waals surface area contributed by atoms with E-state index in [1.54, 1.807) is 6.92 Å². The number of fused-ring (bicyclic) bond motifs is 1. The van der Waals surface area contributed by atoms with Crippen LogP contribution >= 0.6 is 19.6 Å². The van der Waals surface area contributed by atoms with Crippen molar-refractivity contribution in [2.75, 3.05) is 47.5 Å². The zero-order valence-corrected chi connectivity index (χ0v) is 21.3. The van der Waals surface area contributed by atoms with Crippen LogP contribution in [0.25, 0.3) is 0 Å². The Balaban J connectivity index is 1.55. The number of amides is 1. The lowest BCUT2D eigenvalue weighted by atomic mass is 9.79. The molecule has 0 aromatic carbocycles. The van der Waals surface area contributed by atoms with Crippen LogP contribution in [0, 0.1) is 11.8 Å². The Bertz CT molecular complexity index is 859. The highest BCUT2D eigenvalue weighted by Gasteiger charge is 2.60. The Morgan fingerprint density at radius 2 is 2.03 bits per heavy atom. The number of hydrogen-bond donors (Lipinski definition) is 3. The molecule has 2 fully saturated rings. The maximum absolute atomic E-state index is 12.4. The van der Waals surface area contributed by atoms with Gasteiger partial charge in [0.25, 0.3) is 0 Å². The van der Waals surface area contributed by atoms with Crippen molar-refractivity contribution in [1.82, 2.24) is 4.90 Å². The zero-order valence-electron chi connectivity index (χ0n) is 19.5. The van der Waals surface area contributed by atoms with Crippen molar-refractivity contribution in [3.63, 3.8) is 0 Å². The van der Waals surface area contributed by atoms with Gasteiger partial charge in [0.2, 0.25) is 5.91 Å². The molecule has 0 aliphatic carbocycles. The molecular formula is C20H34N2O9PS+. The molecule has 3 aliphatic rings. The lowest BCUT2D eigenvalue weighted by molar-refractivity contribution is -0.870. The third-order valence-corrected chi connectivity index (χ3v) is 8.55. The van der Waals surface area contributed by atoms with E-state index >= 15 is 0 Å². The second-order valence-electron chi connectivity index (χ2n) is 9.81. The van der Waals surface area contributed by atoms with E-state index < -0.39 is 31.9 Å². The number of rotatable bonds is 11. The van der Waals surface area contributed by atoms with Gasteiger partial charge >= 0.3 is 13.8 Å². The number of aliphatic carboxylic acids is 1. The maximum atomic E-state index is 12.4. The van der Waals surface area contributed by atoms with Crippen LogP contribution in [0.4, 0.5) is 0 Å². The van der Waals surface area contributed by atoms with E-state index in [1.165, 1.54) is 16.7 Å². The topological polar surface area (TPSA) is 143 Å². The molecule has 0 aromatic rings. The van der Waals surface area contributed by atoms with Crippen molar-refractivity contribution in [3.8, 4) is 0 Å². The van der Waals surface area contributed by atoms with Gasteiger partial charge < -0.3 is 29.2 Å². The summed E-state index contributed by atoms with van der Waals surface area (Å²) < 4.78 is 28.4. The monoisotopic (exact) mass is 509 g/mol. The van der Waals surface area contributed by atoms with Crippen LogP contribution < -0.4 is 0 Å². The summed E-state index contributed by atoms with van der Waals surface area (Å²) in [5.41, 5.74) is -0.0235. The van der Waals surface area contributed by atoms with Gasteiger partial charge in [-0.05, 0) is 13.3 Å². The lowest BCUT2D eigenvalue weighted by Gasteiger charge is -2.46. The van der Waals surface area contributed by atoms with Gasteiger partial charge in [-0.3, -0.25) is 13.8 Å². The lowest BCUT2D eigenvalue weighted by Crippen LogP contribution is -2.63. The Morgan fingerprint density at radius 1 is 1.36 bits per heavy atom. The summed E-state index contributed by atoms with van der Waals surface area (Å²) in [5, 5.41) is 19.6. The van der Waals surface area contributed by atoms with Crippen molar-refractivity contribution in [2.45, 2.75) is 43.8 Å². The number of carboxylic acids is 1. The van der Waals surface area contributed by atoms with Crippen LogP contribution in [-0.2, 0) is 27.9 Å². The Hall–Kier alpha value is -0.980. The first kappa shape index (κ1) is 26.6. The predicted octanol–water partition coefficient (Wildman–Crippen LogP) is 0.871. The van der Waals surface area contributed by atoms with Crippen LogP contribution in [0.1, 0.15) is 20.3 Å². The molecule has 0 aromatic heterocycles. The Kier molecular flexibility index (Phi) is 8.02. The quantitative estimate of drug-likeness (QED) is 0.209. The smallest absolute Gasteiger partial charge is 0.472 e. The van der Waals surface area contributed by atoms with E-state index in [-0.39, 0.29) is 42.0 Å². The molecule has 0 radical (unpaired) electrons. The normalized spacial score (nSPS) is 32.5. The minimum Gasteiger partial charge on any atom is -0.477 e. The minimum absolute atomic E-state index is 0.0235. The standard InChI is InChI=1S/C20H33N2O9PS/c1-11-16-15(12(2)23)19(24)21(16)17(20(25)26)18(11)33-14-8-13(29-10-14)9-31-32(27,28)30-7-6-22(3,4)5/h11-16,23H,6-10H2,1-5H3,(H-,25,26,27,28)/p+1. The number of aliphatic hydroxyl groups is 1. The molecule has 7 unspecified atom stereocenters. The van der Waals surface area contributed by atoms with Gasteiger partial charge in [-0.1, -0.05) is 6.92 Å². The van der Waals surface area contributed by atoms with Gasteiger partial charge in [-0.25, -0.2) is 9.36 Å². The fourth-order valence-electron chi connectivity index (χ4n) is 4.37. The number of nitrogens with zero attached hydrogens (tertiary/aromatic N) is 2. The number of ether oxygens (including phenoxy) is 1. The number of carbonyl (C=O) groups excluding carboxylic acids is 1. The molecule has 3 heterocycles. The highest BCUT2D eigenvalue weighted by molar-refractivity contribution is 8.03. The fourth-order valence-corrected chi connectivity index (χ4v) is 6.58. The highest BCUT2D eigenvalue weighted by atomic mass is 32.2. The van der Waals surface area contributed by atoms with E-state index in [9.17, 15) is 29.3 Å². The second-order valence-corrected chi connectivity index (χ2v) is 12.6. The number of carbonyl (C=O) groups is 2. The number of β-lactam (4-membered cyclic amide) rings is 1. The largest absolute Gasteiger partial charge is 0.477 e. The van der Waals surface area contributed by atoms with Gasteiger partial charge in [0, 0.05) is 16.1 Å². The average Bonchev–Trinajstić information content (AvgIpc) is 3.21. The molecule has 11 nitrogen and oxygen atoms in total. The van der Waals surface area contributed by atoms with Crippen LogP contribution in [0.15, 0.2) is 10.6 Å². The first-order chi connectivity index (χ1) is 15.2. The predicted molar refractivity (Wildman–Crippen MR) is 120 cm³/mol. The third kappa shape index (κ3) is 5.99. The molecule has 0 saturated carbocycles. The summed E-state index contributed by atoms with van der Waals surface area (Å²) in [6.07, 6.45) is -0.791. The first-order valence-corrected chi connectivity index (χ1v) is 13.3. The van der Waals surface area contributed by atoms with E-state index in [2.05, 4.69) is 0 Å². The molecule has 0 bridgehead atoms. The number of aliphatic hydroxyl groups excluding tert-OH is 1. The van der Waals surface area contributed by atoms with Crippen LogP contribution in [0.2, 0.25) is 0 Å². The summed E-state index contributed by atoms with van der Waals surface area (Å²) in [6.45, 7) is 4.23. The highest BCUT2D eigenvalue weighted by Crippen LogP contribution is 2.52. The summed E-state index contributed by atoms with van der Waals surface area (Å²) in [5.74, 6) is -2.37. The van der Waals surface area contributed by atoms with Crippen molar-refractivity contribution in [2.24, 2.45) is 11.8 Å². The molecule has 0 spiro atoms. The molecule has 3 rings (SSSR count). The maximum Gasteiger partial charge on any atom is 0.472 e. The van der Waals surface area contributed by atoms with Crippen molar-refractivity contribution >= 4 is 31.5 Å². The molecule has 1 amide bonds. The molecule has 2 saturated heterocycles. The average molecular weight is 510 g/mol. The number of hydrogen-bond acceptors (Lipinski definition) is 8. The van der Waals surface area contributed by atoms with Gasteiger partial charge in [0.1, 0.15) is 18.8 Å². The summed E-state index contributed by atoms with van der Waals surface area (Å²) in [4.78, 5) is 36.1. The van der Waals surface area contributed by atoms with Gasteiger partial charge in [0.05, 0.1) is 58.5 Å². The van der Waals surface area contributed by atoms with E-state index in [0.29, 0.717) is 29.0 Å². The molecule has 3 N–H and O–H groups in total. The Labute approximate surface area is 197 Å². The van der Waals surface area contributed by atoms with E-state index in [4.69, 9.17) is 13.8 Å². The van der Waals surface area contributed by atoms with Crippen LogP contribution in [0.5, 0.6) is 0 Å². The Morgan fingerprint density at radius 3 is 2.61 bits per heavy atom. The molecule has 33 heavy (non-hydrogen) atoms. The van der Waals surface area contributed by atoms with Gasteiger partial charge in [-0.2, -0.15) is 0 Å². The third-order valence-electron chi connectivity index (χ3n) is 6.09. The van der Waals surface area contributed by atoms with Crippen LogP contribution in [0.3, 0.4) is 0 Å². The van der Waals surface area contributed by atoms with Crippen molar-refractivity contribution < 1.29 is 47.5 Å². The summed E-state index contributed by atoms with van der Waals surface area (Å²) >= 11 is 1.35. The summed E-state index contributed by atoms with van der Waals surface area (Å²) in [6, 6.07) is -0.364. The number of quaternary nitrogens is 1. The van der Waals surface area contributed by atoms with E-state index in [0.717, 1.165) is 0 Å². The van der Waals surface area contributed by atoms with Gasteiger partial charge in [0.15, 0.2) is 0 Å². The summed E-state index contributed by atoms with van der Waals surface area (Å²) in [7, 11) is 1.63. The number of likely N-dealkylation sites (N-methyl/N-ethyl adjacent to an activating group) is 1. The SMILES string of the molecule is CC(O)C1C(=O)N2C(C(=O)O)=C(SC3COC(COP(=O)(O)OCC[N+](C)(C)C)C3)C(C)C12. The van der Waals surface area contributed by atoms with Crippen LogP contribution in [-0.4, -0.2) is 107 Å². The molecule has 13 heteroatoms. The zero-order chi connectivity index (χ0) is 24.7. The van der Waals surface area contributed by atoms with E-state index in [1.807, 2.05) is 28.1 Å². The molecule has 7 atom stereocenters. The molecular weight excluding hydrogens is 475 g/mol. The number of carboxylic acid groups (broad SMARTS) is 1. The molecule has 188 valence electrons. The van der Waals surface area contributed by atoms with Gasteiger partial charge in [-0.15, -0.1) is 11.8 Å². The van der Waals surface area contributed by atoms with Crippen molar-refractivity contribution in [3.05, 3.63) is 10.6 Å². The fraction of sp³-hybridized carbons (Fsp3) is 0.800. The minimum atomic E-state index is -4.20. The number of phosphoric ester groups is 1. The molecule has 3 aliphatic heterocycles. The number of thioether (sulfide) groups is 1. The first-order valence-electron chi connectivity index (χ1n) is 10.9. The number of phosphoric acid groups is 1.